The summed E-state index contributed by atoms with van der Waals surface area (Å²) < 4.78 is 1.88. The summed E-state index contributed by atoms with van der Waals surface area (Å²) in [6.45, 7) is 2.05. The third kappa shape index (κ3) is 0.673. The molecular weight excluding hydrogens is 126 g/mol. The van der Waals surface area contributed by atoms with E-state index in [1.54, 1.807) is 6.33 Å². The van der Waals surface area contributed by atoms with E-state index < -0.39 is 0 Å². The first-order valence-electron chi connectivity index (χ1n) is 3.18. The minimum Gasteiger partial charge on any atom is -0.189 e. The van der Waals surface area contributed by atoms with Crippen LogP contribution in [0.4, 0.5) is 0 Å². The summed E-state index contributed by atoms with van der Waals surface area (Å²) >= 11 is 0. The Bertz CT molecular complexity index is 350. The number of pyridine rings is 1. The Morgan fingerprint density at radius 3 is 3.30 bits per heavy atom. The molecule has 0 bridgehead atoms. The summed E-state index contributed by atoms with van der Waals surface area (Å²) in [4.78, 5) is 4.07. The van der Waals surface area contributed by atoms with E-state index in [0.717, 1.165) is 5.65 Å². The molecular formula is C7H8N3+. The molecule has 0 amide bonds. The molecule has 0 spiro atoms. The molecule has 1 N–H and O–H groups in total. The second kappa shape index (κ2) is 1.80. The highest BCUT2D eigenvalue weighted by Crippen LogP contribution is 1.93. The lowest BCUT2D eigenvalue weighted by atomic mass is 10.3. The van der Waals surface area contributed by atoms with Crippen LogP contribution in [0, 0.1) is 6.92 Å². The zero-order valence-electron chi connectivity index (χ0n) is 5.70. The van der Waals surface area contributed by atoms with Gasteiger partial charge in [0.25, 0.3) is 0 Å². The van der Waals surface area contributed by atoms with Crippen molar-refractivity contribution in [1.29, 1.82) is 0 Å². The average Bonchev–Trinajstić information content (AvgIpc) is 2.33. The summed E-state index contributed by atoms with van der Waals surface area (Å²) in [6.07, 6.45) is 3.68. The van der Waals surface area contributed by atoms with Crippen molar-refractivity contribution in [2.45, 2.75) is 6.92 Å². The van der Waals surface area contributed by atoms with Crippen LogP contribution in [0.15, 0.2) is 24.7 Å². The van der Waals surface area contributed by atoms with Gasteiger partial charge in [0.2, 0.25) is 6.33 Å². The van der Waals surface area contributed by atoms with Gasteiger partial charge in [-0.2, -0.15) is 5.10 Å². The predicted octanol–water partition coefficient (Wildman–Crippen LogP) is 0.457. The molecule has 0 unspecified atom stereocenters. The second-order valence-electron chi connectivity index (χ2n) is 2.32. The standard InChI is InChI=1S/C7H7N3/c1-6-2-3-7-8-5-9-10(7)4-6/h2-5H,1H3/p+1. The van der Waals surface area contributed by atoms with Crippen LogP contribution in [0.5, 0.6) is 0 Å². The molecule has 3 heteroatoms. The monoisotopic (exact) mass is 134 g/mol. The Morgan fingerprint density at radius 2 is 2.40 bits per heavy atom. The lowest BCUT2D eigenvalue weighted by Gasteiger charge is -1.84. The highest BCUT2D eigenvalue weighted by molar-refractivity contribution is 5.27. The fourth-order valence-corrected chi connectivity index (χ4v) is 0.965. The first-order chi connectivity index (χ1) is 4.86. The molecule has 0 fully saturated rings. The van der Waals surface area contributed by atoms with Crippen molar-refractivity contribution in [2.24, 2.45) is 0 Å². The molecule has 0 aromatic carbocycles. The Balaban J connectivity index is 2.86. The molecule has 2 aromatic heterocycles. The number of aryl methyl sites for hydroxylation is 1. The number of nitrogens with zero attached hydrogens (tertiary/aromatic N) is 2. The average molecular weight is 134 g/mol. The summed E-state index contributed by atoms with van der Waals surface area (Å²) in [5.74, 6) is 0. The van der Waals surface area contributed by atoms with E-state index in [1.807, 2.05) is 29.8 Å². The Morgan fingerprint density at radius 1 is 1.50 bits per heavy atom. The highest BCUT2D eigenvalue weighted by atomic mass is 15.3. The van der Waals surface area contributed by atoms with E-state index in [4.69, 9.17) is 0 Å². The lowest BCUT2D eigenvalue weighted by Crippen LogP contribution is -2.22. The molecule has 0 radical (unpaired) electrons. The first kappa shape index (κ1) is 5.41. The van der Waals surface area contributed by atoms with Crippen LogP contribution in [-0.4, -0.2) is 10.1 Å². The summed E-state index contributed by atoms with van der Waals surface area (Å²) in [7, 11) is 0. The molecule has 50 valence electrons. The number of fused-ring (bicyclic) bond motifs is 1. The molecule has 0 saturated heterocycles. The summed E-state index contributed by atoms with van der Waals surface area (Å²) in [6, 6.07) is 4.02. The van der Waals surface area contributed by atoms with Gasteiger partial charge < -0.3 is 0 Å². The van der Waals surface area contributed by atoms with Crippen molar-refractivity contribution in [1.82, 2.24) is 10.1 Å². The molecule has 2 heterocycles. The van der Waals surface area contributed by atoms with E-state index in [9.17, 15) is 0 Å². The normalized spacial score (nSPS) is 10.5. The Hall–Kier alpha value is -1.38. The molecule has 10 heavy (non-hydrogen) atoms. The van der Waals surface area contributed by atoms with Crippen molar-refractivity contribution in [2.75, 3.05) is 0 Å². The largest absolute Gasteiger partial charge is 0.348 e. The molecule has 0 aliphatic heterocycles. The van der Waals surface area contributed by atoms with Crippen LogP contribution in [0.3, 0.4) is 0 Å². The quantitative estimate of drug-likeness (QED) is 0.521. The SMILES string of the molecule is Cc1ccc2nc[nH][n+]2c1. The second-order valence-corrected chi connectivity index (χ2v) is 2.32. The van der Waals surface area contributed by atoms with Gasteiger partial charge >= 0.3 is 5.65 Å². The fourth-order valence-electron chi connectivity index (χ4n) is 0.965. The van der Waals surface area contributed by atoms with E-state index in [2.05, 4.69) is 10.1 Å². The van der Waals surface area contributed by atoms with Crippen molar-refractivity contribution in [3.63, 3.8) is 0 Å². The highest BCUT2D eigenvalue weighted by Gasteiger charge is 2.01. The number of rotatable bonds is 0. The van der Waals surface area contributed by atoms with Gasteiger partial charge in [0.1, 0.15) is 6.20 Å². The van der Waals surface area contributed by atoms with Crippen molar-refractivity contribution in [3.05, 3.63) is 30.2 Å². The van der Waals surface area contributed by atoms with Gasteiger partial charge in [0, 0.05) is 6.07 Å². The molecule has 2 aromatic rings. The Labute approximate surface area is 58.3 Å². The maximum Gasteiger partial charge on any atom is 0.348 e. The van der Waals surface area contributed by atoms with E-state index in [-0.39, 0.29) is 0 Å². The topological polar surface area (TPSA) is 32.8 Å². The predicted molar refractivity (Wildman–Crippen MR) is 36.5 cm³/mol. The van der Waals surface area contributed by atoms with E-state index >= 15 is 0 Å². The van der Waals surface area contributed by atoms with E-state index in [0.29, 0.717) is 0 Å². The molecule has 3 nitrogen and oxygen atoms in total. The van der Waals surface area contributed by atoms with Gasteiger partial charge in [0.05, 0.1) is 0 Å². The third-order valence-electron chi connectivity index (χ3n) is 1.47. The minimum absolute atomic E-state index is 0.950. The Kier molecular flexibility index (Phi) is 0.974. The summed E-state index contributed by atoms with van der Waals surface area (Å²) in [5, 5.41) is 2.97. The van der Waals surface area contributed by atoms with Crippen LogP contribution in [0.1, 0.15) is 5.56 Å². The van der Waals surface area contributed by atoms with E-state index in [1.165, 1.54) is 5.56 Å². The number of H-pyrrole nitrogens is 1. The van der Waals surface area contributed by atoms with Gasteiger partial charge in [-0.05, 0) is 23.5 Å². The van der Waals surface area contributed by atoms with Crippen LogP contribution in [-0.2, 0) is 0 Å². The zero-order chi connectivity index (χ0) is 6.97. The first-order valence-corrected chi connectivity index (χ1v) is 3.18. The number of aromatic amines is 1. The number of nitrogens with one attached hydrogen (secondary N) is 1. The molecule has 2 rings (SSSR count). The molecule has 0 aliphatic rings. The van der Waals surface area contributed by atoms with Crippen molar-refractivity contribution >= 4 is 5.65 Å². The number of hydrogen-bond acceptors (Lipinski definition) is 1. The van der Waals surface area contributed by atoms with Crippen LogP contribution >= 0.6 is 0 Å². The van der Waals surface area contributed by atoms with Gasteiger partial charge in [-0.25, -0.2) is 0 Å². The minimum atomic E-state index is 0.950. The molecule has 0 aliphatic carbocycles. The van der Waals surface area contributed by atoms with Crippen LogP contribution < -0.4 is 4.52 Å². The fraction of sp³-hybridized carbons (Fsp3) is 0.143. The smallest absolute Gasteiger partial charge is 0.189 e. The number of aromatic nitrogens is 3. The summed E-state index contributed by atoms with van der Waals surface area (Å²) in [5.41, 5.74) is 2.17. The lowest BCUT2D eigenvalue weighted by molar-refractivity contribution is -0.577. The molecule has 0 atom stereocenters. The van der Waals surface area contributed by atoms with Gasteiger partial charge in [-0.1, -0.05) is 0 Å². The van der Waals surface area contributed by atoms with Gasteiger partial charge in [0.15, 0.2) is 0 Å². The van der Waals surface area contributed by atoms with Crippen molar-refractivity contribution in [3.8, 4) is 0 Å². The van der Waals surface area contributed by atoms with Crippen LogP contribution in [0.2, 0.25) is 0 Å². The maximum atomic E-state index is 4.07. The van der Waals surface area contributed by atoms with Gasteiger partial charge in [-0.3, -0.25) is 0 Å². The van der Waals surface area contributed by atoms with Crippen LogP contribution in [0.25, 0.3) is 5.65 Å². The maximum absolute atomic E-state index is 4.07. The molecule has 0 saturated carbocycles. The number of hydrogen-bond donors (Lipinski definition) is 1. The third-order valence-corrected chi connectivity index (χ3v) is 1.47. The van der Waals surface area contributed by atoms with Crippen molar-refractivity contribution < 1.29 is 4.52 Å². The van der Waals surface area contributed by atoms with Gasteiger partial charge in [-0.15, -0.1) is 4.52 Å². The zero-order valence-corrected chi connectivity index (χ0v) is 5.70.